The molecule has 0 atom stereocenters. The van der Waals surface area contributed by atoms with Crippen molar-refractivity contribution in [2.45, 2.75) is 20.4 Å². The highest BCUT2D eigenvalue weighted by Gasteiger charge is 2.17. The van der Waals surface area contributed by atoms with Gasteiger partial charge in [0, 0.05) is 36.3 Å². The summed E-state index contributed by atoms with van der Waals surface area (Å²) >= 11 is 3.97. The van der Waals surface area contributed by atoms with Gasteiger partial charge in [0.05, 0.1) is 11.5 Å². The van der Waals surface area contributed by atoms with Gasteiger partial charge in [-0.25, -0.2) is 0 Å². The van der Waals surface area contributed by atoms with E-state index in [-0.39, 0.29) is 10.8 Å². The van der Waals surface area contributed by atoms with Crippen LogP contribution in [0.3, 0.4) is 0 Å². The molecule has 6 nitrogen and oxygen atoms in total. The highest BCUT2D eigenvalue weighted by Crippen LogP contribution is 2.17. The van der Waals surface area contributed by atoms with Gasteiger partial charge < -0.3 is 4.90 Å². The molecule has 0 aromatic heterocycles. The number of nitrogens with zero attached hydrogens (tertiary/aromatic N) is 3. The standard InChI is InChI=1S/C19H21N3O3S/c1-3-21(4-2)18(16-7-5-6-8-17(16)19(23)26)20-13-14-9-11-15(12-10-14)22(24)25/h5-12H,3-4,13H2,1-2H3,(H,23,26). The molecule has 2 aromatic rings. The van der Waals surface area contributed by atoms with Crippen molar-refractivity contribution in [2.75, 3.05) is 13.1 Å². The molecule has 0 N–H and O–H groups in total. The zero-order valence-electron chi connectivity index (χ0n) is 14.8. The molecular formula is C19H21N3O3S. The monoisotopic (exact) mass is 371 g/mol. The SMILES string of the molecule is CCN(CC)C(=NCc1ccc([N+](=O)[O-])cc1)c1ccccc1C(=O)S. The van der Waals surface area contributed by atoms with E-state index in [0.29, 0.717) is 17.9 Å². The highest BCUT2D eigenvalue weighted by atomic mass is 32.1. The van der Waals surface area contributed by atoms with E-state index < -0.39 is 4.92 Å². The van der Waals surface area contributed by atoms with E-state index in [1.54, 1.807) is 24.3 Å². The summed E-state index contributed by atoms with van der Waals surface area (Å²) in [5.74, 6) is 0.714. The lowest BCUT2D eigenvalue weighted by Gasteiger charge is -2.24. The molecule has 0 bridgehead atoms. The third-order valence-corrected chi connectivity index (χ3v) is 4.26. The van der Waals surface area contributed by atoms with Gasteiger partial charge in [-0.05, 0) is 25.5 Å². The second-order valence-corrected chi connectivity index (χ2v) is 5.99. The lowest BCUT2D eigenvalue weighted by Crippen LogP contribution is -2.32. The van der Waals surface area contributed by atoms with Crippen molar-refractivity contribution in [2.24, 2.45) is 4.99 Å². The van der Waals surface area contributed by atoms with Crippen molar-refractivity contribution >= 4 is 29.3 Å². The molecule has 26 heavy (non-hydrogen) atoms. The Morgan fingerprint density at radius 1 is 1.08 bits per heavy atom. The van der Waals surface area contributed by atoms with Gasteiger partial charge in [-0.15, -0.1) is 12.6 Å². The number of carbonyl (C=O) groups excluding carboxylic acids is 1. The second kappa shape index (κ2) is 9.15. The highest BCUT2D eigenvalue weighted by molar-refractivity contribution is 7.97. The molecule has 0 amide bonds. The number of benzene rings is 2. The van der Waals surface area contributed by atoms with Crippen molar-refractivity contribution in [1.29, 1.82) is 0 Å². The number of aliphatic imine (C=N–C) groups is 1. The minimum absolute atomic E-state index is 0.0488. The molecule has 0 saturated carbocycles. The number of carbonyl (C=O) groups is 1. The Bertz CT molecular complexity index is 815. The van der Waals surface area contributed by atoms with E-state index in [9.17, 15) is 14.9 Å². The summed E-state index contributed by atoms with van der Waals surface area (Å²) in [6.07, 6.45) is 0. The van der Waals surface area contributed by atoms with Crippen LogP contribution in [0.2, 0.25) is 0 Å². The largest absolute Gasteiger partial charge is 0.357 e. The first-order valence-electron chi connectivity index (χ1n) is 8.33. The van der Waals surface area contributed by atoms with E-state index in [2.05, 4.69) is 17.5 Å². The Morgan fingerprint density at radius 3 is 2.15 bits per heavy atom. The number of amidine groups is 1. The summed E-state index contributed by atoms with van der Waals surface area (Å²) < 4.78 is 0. The van der Waals surface area contributed by atoms with Crippen LogP contribution in [0.4, 0.5) is 5.69 Å². The molecule has 0 fully saturated rings. The summed E-state index contributed by atoms with van der Waals surface area (Å²) in [6, 6.07) is 13.6. The topological polar surface area (TPSA) is 75.8 Å². The normalized spacial score (nSPS) is 11.3. The molecule has 0 aliphatic carbocycles. The Hall–Kier alpha value is -2.67. The zero-order valence-corrected chi connectivity index (χ0v) is 15.6. The fraction of sp³-hybridized carbons (Fsp3) is 0.263. The summed E-state index contributed by atoms with van der Waals surface area (Å²) in [4.78, 5) is 29.0. The van der Waals surface area contributed by atoms with Gasteiger partial charge in [-0.1, -0.05) is 30.3 Å². The van der Waals surface area contributed by atoms with E-state index in [1.807, 2.05) is 26.0 Å². The molecule has 7 heteroatoms. The Morgan fingerprint density at radius 2 is 1.65 bits per heavy atom. The van der Waals surface area contributed by atoms with E-state index in [1.165, 1.54) is 12.1 Å². The predicted molar refractivity (Wildman–Crippen MR) is 106 cm³/mol. The smallest absolute Gasteiger partial charge is 0.269 e. The van der Waals surface area contributed by atoms with Gasteiger partial charge in [0.25, 0.3) is 5.69 Å². The molecular weight excluding hydrogens is 350 g/mol. The van der Waals surface area contributed by atoms with Crippen LogP contribution in [0.15, 0.2) is 53.5 Å². The maximum absolute atomic E-state index is 11.9. The van der Waals surface area contributed by atoms with Crippen LogP contribution in [0.1, 0.15) is 35.3 Å². The second-order valence-electron chi connectivity index (χ2n) is 5.59. The third-order valence-electron chi connectivity index (χ3n) is 4.02. The summed E-state index contributed by atoms with van der Waals surface area (Å²) in [7, 11) is 0. The fourth-order valence-electron chi connectivity index (χ4n) is 2.63. The Labute approximate surface area is 158 Å². The molecule has 2 aromatic carbocycles. The molecule has 0 aliphatic rings. The van der Waals surface area contributed by atoms with Crippen LogP contribution in [0.25, 0.3) is 0 Å². The van der Waals surface area contributed by atoms with Gasteiger partial charge in [0.15, 0.2) is 0 Å². The fourth-order valence-corrected chi connectivity index (χ4v) is 2.83. The molecule has 0 unspecified atom stereocenters. The zero-order chi connectivity index (χ0) is 19.1. The average molecular weight is 371 g/mol. The minimum atomic E-state index is -0.428. The van der Waals surface area contributed by atoms with Crippen molar-refractivity contribution in [3.63, 3.8) is 0 Å². The van der Waals surface area contributed by atoms with Crippen molar-refractivity contribution in [1.82, 2.24) is 4.90 Å². The van der Waals surface area contributed by atoms with Crippen LogP contribution < -0.4 is 0 Å². The first-order chi connectivity index (χ1) is 12.5. The number of non-ortho nitro benzene ring substituents is 1. The van der Waals surface area contributed by atoms with Crippen molar-refractivity contribution in [3.8, 4) is 0 Å². The van der Waals surface area contributed by atoms with Gasteiger partial charge >= 0.3 is 0 Å². The lowest BCUT2D eigenvalue weighted by atomic mass is 10.1. The van der Waals surface area contributed by atoms with Crippen LogP contribution in [-0.2, 0) is 6.54 Å². The molecule has 0 spiro atoms. The Kier molecular flexibility index (Phi) is 6.91. The molecule has 2 rings (SSSR count). The number of nitro benzene ring substituents is 1. The molecule has 136 valence electrons. The lowest BCUT2D eigenvalue weighted by molar-refractivity contribution is -0.384. The van der Waals surface area contributed by atoms with Gasteiger partial charge in [-0.2, -0.15) is 0 Å². The molecule has 0 aliphatic heterocycles. The first kappa shape index (κ1) is 19.7. The van der Waals surface area contributed by atoms with Crippen LogP contribution in [0, 0.1) is 10.1 Å². The number of hydrogen-bond donors (Lipinski definition) is 1. The minimum Gasteiger partial charge on any atom is -0.357 e. The van der Waals surface area contributed by atoms with Crippen LogP contribution in [-0.4, -0.2) is 33.9 Å². The average Bonchev–Trinajstić information content (AvgIpc) is 2.65. The molecule has 0 saturated heterocycles. The summed E-state index contributed by atoms with van der Waals surface area (Å²) in [5, 5.41) is 10.5. The van der Waals surface area contributed by atoms with Crippen LogP contribution in [0.5, 0.6) is 0 Å². The third kappa shape index (κ3) is 4.70. The van der Waals surface area contributed by atoms with Crippen LogP contribution >= 0.6 is 12.6 Å². The Balaban J connectivity index is 2.40. The number of thiol groups is 1. The molecule has 0 heterocycles. The van der Waals surface area contributed by atoms with E-state index >= 15 is 0 Å². The van der Waals surface area contributed by atoms with Crippen molar-refractivity contribution < 1.29 is 9.72 Å². The predicted octanol–water partition coefficient (Wildman–Crippen LogP) is 3.95. The van der Waals surface area contributed by atoms with E-state index in [0.717, 1.165) is 24.2 Å². The van der Waals surface area contributed by atoms with Gasteiger partial charge in [-0.3, -0.25) is 19.9 Å². The number of rotatable bonds is 7. The summed E-state index contributed by atoms with van der Waals surface area (Å²) in [6.45, 7) is 5.89. The van der Waals surface area contributed by atoms with Crippen molar-refractivity contribution in [3.05, 3.63) is 75.3 Å². The number of hydrogen-bond acceptors (Lipinski definition) is 4. The maximum atomic E-state index is 11.9. The number of nitro groups is 1. The first-order valence-corrected chi connectivity index (χ1v) is 8.78. The van der Waals surface area contributed by atoms with Gasteiger partial charge in [0.1, 0.15) is 5.84 Å². The maximum Gasteiger partial charge on any atom is 0.269 e. The summed E-state index contributed by atoms with van der Waals surface area (Å²) in [5.41, 5.74) is 2.14. The quantitative estimate of drug-likeness (QED) is 0.263. The van der Waals surface area contributed by atoms with E-state index in [4.69, 9.17) is 4.99 Å². The molecule has 0 radical (unpaired) electrons. The van der Waals surface area contributed by atoms with Gasteiger partial charge in [0.2, 0.25) is 5.12 Å².